The highest BCUT2D eigenvalue weighted by Gasteiger charge is 2.51. The second-order valence-electron chi connectivity index (χ2n) is 9.94. The Bertz CT molecular complexity index is 988. The number of alkyl halides is 3. The van der Waals surface area contributed by atoms with Crippen molar-refractivity contribution in [3.63, 3.8) is 0 Å². The van der Waals surface area contributed by atoms with Crippen LogP contribution in [0.4, 0.5) is 13.2 Å². The maximum absolute atomic E-state index is 13.0. The number of rotatable bonds is 7. The predicted molar refractivity (Wildman–Crippen MR) is 124 cm³/mol. The van der Waals surface area contributed by atoms with Crippen LogP contribution < -0.4 is 9.16 Å². The number of fused-ring (bicyclic) bond motifs is 1. The van der Waals surface area contributed by atoms with Crippen LogP contribution in [0.25, 0.3) is 5.76 Å². The molecule has 10 heteroatoms. The zero-order valence-corrected chi connectivity index (χ0v) is 21.8. The van der Waals surface area contributed by atoms with E-state index in [1.807, 2.05) is 0 Å². The third kappa shape index (κ3) is 4.78. The highest BCUT2D eigenvalue weighted by atomic mass is 32.2. The van der Waals surface area contributed by atoms with Gasteiger partial charge in [-0.1, -0.05) is 41.5 Å². The summed E-state index contributed by atoms with van der Waals surface area (Å²) in [6, 6.07) is 4.84. The normalized spacial score (nSPS) is 18.5. The summed E-state index contributed by atoms with van der Waals surface area (Å²) in [6.45, 7) is 12.9. The summed E-state index contributed by atoms with van der Waals surface area (Å²) in [4.78, 5) is 0. The molecule has 1 aromatic rings. The second-order valence-corrected chi connectivity index (χ2v) is 16.9. The van der Waals surface area contributed by atoms with Crippen molar-refractivity contribution in [3.8, 4) is 11.5 Å². The Hall–Kier alpha value is -1.68. The molecule has 0 bridgehead atoms. The number of halogens is 3. The van der Waals surface area contributed by atoms with Crippen LogP contribution in [-0.2, 0) is 14.3 Å². The van der Waals surface area contributed by atoms with Crippen LogP contribution in [0, 0.1) is 0 Å². The van der Waals surface area contributed by atoms with Crippen LogP contribution in [-0.4, -0.2) is 27.8 Å². The molecule has 0 atom stereocenters. The molecule has 0 saturated heterocycles. The van der Waals surface area contributed by atoms with Crippen molar-refractivity contribution in [1.29, 1.82) is 0 Å². The zero-order valence-electron chi connectivity index (χ0n) is 20.0. The van der Waals surface area contributed by atoms with Crippen LogP contribution >= 0.6 is 0 Å². The lowest BCUT2D eigenvalue weighted by Gasteiger charge is -2.42. The van der Waals surface area contributed by atoms with Gasteiger partial charge in [-0.15, -0.1) is 0 Å². The first-order valence-corrected chi connectivity index (χ1v) is 14.9. The van der Waals surface area contributed by atoms with Gasteiger partial charge in [0.1, 0.15) is 17.1 Å². The Labute approximate surface area is 195 Å². The first-order chi connectivity index (χ1) is 15.1. The molecule has 1 saturated carbocycles. The van der Waals surface area contributed by atoms with Crippen molar-refractivity contribution in [2.75, 3.05) is 0 Å². The SMILES string of the molecule is CC(C)[Si](Oc1ccc2c(c1)OC1(C=C2OS(=O)(=O)C(F)(F)F)CCCC1)(C(C)C)C(C)C. The Morgan fingerprint density at radius 3 is 2.03 bits per heavy atom. The van der Waals surface area contributed by atoms with Crippen LogP contribution in [0.15, 0.2) is 24.3 Å². The van der Waals surface area contributed by atoms with E-state index in [0.717, 1.165) is 12.8 Å². The molecule has 1 heterocycles. The van der Waals surface area contributed by atoms with Crippen LogP contribution in [0.5, 0.6) is 11.5 Å². The quantitative estimate of drug-likeness (QED) is 0.223. The molecule has 0 unspecified atom stereocenters. The van der Waals surface area contributed by atoms with E-state index in [0.29, 0.717) is 35.2 Å². The fourth-order valence-corrected chi connectivity index (χ4v) is 11.1. The van der Waals surface area contributed by atoms with E-state index >= 15 is 0 Å². The fraction of sp³-hybridized carbons (Fsp3) is 0.652. The van der Waals surface area contributed by atoms with Crippen molar-refractivity contribution < 1.29 is 34.9 Å². The van der Waals surface area contributed by atoms with Crippen LogP contribution in [0.3, 0.4) is 0 Å². The van der Waals surface area contributed by atoms with E-state index in [9.17, 15) is 21.6 Å². The third-order valence-corrected chi connectivity index (χ3v) is 13.8. The molecule has 0 radical (unpaired) electrons. The standard InChI is InChI=1S/C23H33F3O5SSi/c1-15(2)33(16(3)4,17(5)6)31-18-9-10-19-20(13-18)29-22(11-7-8-12-22)14-21(19)30-32(27,28)23(24,25)26/h9-10,13-17H,7-8,11-12H2,1-6H3. The van der Waals surface area contributed by atoms with Crippen molar-refractivity contribution in [3.05, 3.63) is 29.8 Å². The van der Waals surface area contributed by atoms with E-state index in [1.54, 1.807) is 12.1 Å². The topological polar surface area (TPSA) is 61.8 Å². The minimum Gasteiger partial charge on any atom is -0.543 e. The lowest BCUT2D eigenvalue weighted by Crippen LogP contribution is -2.50. The molecule has 3 rings (SSSR count). The minimum atomic E-state index is -5.81. The van der Waals surface area contributed by atoms with Gasteiger partial charge in [-0.05, 0) is 54.4 Å². The van der Waals surface area contributed by atoms with Gasteiger partial charge in [0, 0.05) is 12.1 Å². The average Bonchev–Trinajstić information content (AvgIpc) is 3.11. The molecule has 1 aromatic carbocycles. The van der Waals surface area contributed by atoms with E-state index in [4.69, 9.17) is 9.16 Å². The number of hydrogen-bond acceptors (Lipinski definition) is 5. The largest absolute Gasteiger partial charge is 0.543 e. The highest BCUT2D eigenvalue weighted by molar-refractivity contribution is 7.87. The summed E-state index contributed by atoms with van der Waals surface area (Å²) < 4.78 is 80.2. The van der Waals surface area contributed by atoms with Gasteiger partial charge in [0.25, 0.3) is 8.32 Å². The van der Waals surface area contributed by atoms with Crippen molar-refractivity contribution >= 4 is 24.2 Å². The first kappa shape index (κ1) is 25.9. The lowest BCUT2D eigenvalue weighted by molar-refractivity contribution is -0.0510. The predicted octanol–water partition coefficient (Wildman–Crippen LogP) is 7.15. The molecule has 1 spiro atoms. The van der Waals surface area contributed by atoms with Crippen LogP contribution in [0.1, 0.15) is 72.8 Å². The number of ether oxygens (including phenoxy) is 1. The summed E-state index contributed by atoms with van der Waals surface area (Å²) >= 11 is 0. The molecular formula is C23H33F3O5SSi. The van der Waals surface area contributed by atoms with Gasteiger partial charge in [0.2, 0.25) is 0 Å². The Balaban J connectivity index is 2.05. The maximum atomic E-state index is 13.0. The molecule has 1 fully saturated rings. The van der Waals surface area contributed by atoms with Gasteiger partial charge in [0.15, 0.2) is 5.76 Å². The van der Waals surface area contributed by atoms with Crippen molar-refractivity contribution in [1.82, 2.24) is 0 Å². The molecule has 2 aliphatic rings. The Morgan fingerprint density at radius 2 is 1.55 bits per heavy atom. The molecule has 0 N–H and O–H groups in total. The molecule has 1 aliphatic heterocycles. The van der Waals surface area contributed by atoms with Gasteiger partial charge >= 0.3 is 15.6 Å². The summed E-state index contributed by atoms with van der Waals surface area (Å²) in [5.74, 6) is 0.509. The Morgan fingerprint density at radius 1 is 1.00 bits per heavy atom. The lowest BCUT2D eigenvalue weighted by atomic mass is 9.95. The Kier molecular flexibility index (Phi) is 6.94. The molecule has 186 valence electrons. The smallest absolute Gasteiger partial charge is 0.534 e. The molecule has 33 heavy (non-hydrogen) atoms. The van der Waals surface area contributed by atoms with Gasteiger partial charge in [-0.2, -0.15) is 21.6 Å². The van der Waals surface area contributed by atoms with E-state index in [-0.39, 0.29) is 17.1 Å². The molecule has 5 nitrogen and oxygen atoms in total. The number of hydrogen-bond donors (Lipinski definition) is 0. The summed E-state index contributed by atoms with van der Waals surface area (Å²) in [5.41, 5.74) is -5.26. The van der Waals surface area contributed by atoms with E-state index < -0.39 is 29.5 Å². The third-order valence-electron chi connectivity index (χ3n) is 6.86. The minimum absolute atomic E-state index is 0.165. The van der Waals surface area contributed by atoms with Gasteiger partial charge in [0.05, 0.1) is 5.56 Å². The van der Waals surface area contributed by atoms with Crippen LogP contribution in [0.2, 0.25) is 16.6 Å². The van der Waals surface area contributed by atoms with Crippen molar-refractivity contribution in [2.45, 2.75) is 95.0 Å². The van der Waals surface area contributed by atoms with E-state index in [2.05, 4.69) is 45.7 Å². The second kappa shape index (κ2) is 8.83. The first-order valence-electron chi connectivity index (χ1n) is 11.4. The average molecular weight is 507 g/mol. The molecule has 0 amide bonds. The van der Waals surface area contributed by atoms with E-state index in [1.165, 1.54) is 12.1 Å². The monoisotopic (exact) mass is 506 g/mol. The zero-order chi connectivity index (χ0) is 24.8. The molecule has 0 aromatic heterocycles. The van der Waals surface area contributed by atoms with Crippen molar-refractivity contribution in [2.24, 2.45) is 0 Å². The summed E-state index contributed by atoms with van der Waals surface area (Å²) in [5, 5.41) is 0. The van der Waals surface area contributed by atoms with Gasteiger partial charge in [-0.25, -0.2) is 0 Å². The molecular weight excluding hydrogens is 473 g/mol. The fourth-order valence-electron chi connectivity index (χ4n) is 5.43. The summed E-state index contributed by atoms with van der Waals surface area (Å²) in [7, 11) is -8.09. The summed E-state index contributed by atoms with van der Waals surface area (Å²) in [6.07, 6.45) is 4.18. The van der Waals surface area contributed by atoms with Gasteiger partial charge in [-0.3, -0.25) is 0 Å². The van der Waals surface area contributed by atoms with Gasteiger partial charge < -0.3 is 13.3 Å². The highest BCUT2D eigenvalue weighted by Crippen LogP contribution is 2.48. The maximum Gasteiger partial charge on any atom is 0.534 e. The number of benzene rings is 1. The molecule has 1 aliphatic carbocycles.